The van der Waals surface area contributed by atoms with E-state index >= 15 is 0 Å². The normalized spacial score (nSPS) is 11.6. The molecule has 0 bridgehead atoms. The number of guanidine groups is 1. The highest BCUT2D eigenvalue weighted by atomic mass is 19.1. The third-order valence-electron chi connectivity index (χ3n) is 4.04. The quantitative estimate of drug-likeness (QED) is 0.571. The van der Waals surface area contributed by atoms with Gasteiger partial charge in [-0.15, -0.1) is 0 Å². The number of aliphatic imine (C=N–C) groups is 1. The Bertz CT molecular complexity index is 748. The van der Waals surface area contributed by atoms with Crippen LogP contribution in [-0.4, -0.2) is 57.1 Å². The van der Waals surface area contributed by atoms with Crippen LogP contribution in [0.3, 0.4) is 0 Å². The molecule has 5 nitrogen and oxygen atoms in total. The van der Waals surface area contributed by atoms with E-state index in [1.807, 2.05) is 56.4 Å². The van der Waals surface area contributed by atoms with Crippen LogP contribution in [0.25, 0.3) is 0 Å². The van der Waals surface area contributed by atoms with E-state index in [2.05, 4.69) is 15.2 Å². The Balaban J connectivity index is 1.89. The van der Waals surface area contributed by atoms with Crippen LogP contribution >= 0.6 is 0 Å². The second-order valence-electron chi connectivity index (χ2n) is 6.69. The summed E-state index contributed by atoms with van der Waals surface area (Å²) in [5, 5.41) is 3.34. The minimum atomic E-state index is -0.227. The Morgan fingerprint density at radius 1 is 1.07 bits per heavy atom. The van der Waals surface area contributed by atoms with Gasteiger partial charge in [0.2, 0.25) is 0 Å². The van der Waals surface area contributed by atoms with E-state index in [1.165, 1.54) is 6.07 Å². The zero-order chi connectivity index (χ0) is 19.6. The van der Waals surface area contributed by atoms with Gasteiger partial charge in [0, 0.05) is 33.7 Å². The number of ether oxygens (including phenoxy) is 1. The van der Waals surface area contributed by atoms with Gasteiger partial charge in [-0.05, 0) is 49.5 Å². The summed E-state index contributed by atoms with van der Waals surface area (Å²) in [4.78, 5) is 8.37. The fourth-order valence-corrected chi connectivity index (χ4v) is 2.64. The standard InChI is InChI=1S/C21H29FN4O/c1-23-21(26(4)16-18-8-5-9-19(22)13-18)24-15-17-7-6-10-20(14-17)27-12-11-25(2)3/h5-10,13-14H,11-12,15-16H2,1-4H3,(H,23,24). The van der Waals surface area contributed by atoms with Gasteiger partial charge in [0.1, 0.15) is 18.2 Å². The fourth-order valence-electron chi connectivity index (χ4n) is 2.64. The van der Waals surface area contributed by atoms with Gasteiger partial charge >= 0.3 is 0 Å². The molecule has 0 fully saturated rings. The van der Waals surface area contributed by atoms with Gasteiger partial charge in [0.25, 0.3) is 0 Å². The molecule has 0 unspecified atom stereocenters. The minimum absolute atomic E-state index is 0.227. The van der Waals surface area contributed by atoms with E-state index in [-0.39, 0.29) is 5.82 Å². The zero-order valence-corrected chi connectivity index (χ0v) is 16.6. The predicted molar refractivity (Wildman–Crippen MR) is 109 cm³/mol. The Hall–Kier alpha value is -2.60. The lowest BCUT2D eigenvalue weighted by Gasteiger charge is -2.22. The van der Waals surface area contributed by atoms with Crippen LogP contribution in [-0.2, 0) is 13.1 Å². The van der Waals surface area contributed by atoms with E-state index in [0.717, 1.165) is 29.4 Å². The molecule has 0 aliphatic heterocycles. The molecule has 0 aliphatic carbocycles. The van der Waals surface area contributed by atoms with Gasteiger partial charge in [-0.1, -0.05) is 24.3 Å². The van der Waals surface area contributed by atoms with Crippen molar-refractivity contribution in [2.75, 3.05) is 41.3 Å². The Morgan fingerprint density at radius 3 is 2.52 bits per heavy atom. The number of nitrogens with zero attached hydrogens (tertiary/aromatic N) is 3. The monoisotopic (exact) mass is 372 g/mol. The second kappa shape index (κ2) is 10.5. The van der Waals surface area contributed by atoms with Gasteiger partial charge in [0.15, 0.2) is 5.96 Å². The van der Waals surface area contributed by atoms with Crippen LogP contribution < -0.4 is 10.1 Å². The first-order valence-electron chi connectivity index (χ1n) is 9.00. The van der Waals surface area contributed by atoms with Crippen LogP contribution in [0.4, 0.5) is 4.39 Å². The molecule has 27 heavy (non-hydrogen) atoms. The smallest absolute Gasteiger partial charge is 0.193 e. The first-order chi connectivity index (χ1) is 13.0. The lowest BCUT2D eigenvalue weighted by molar-refractivity contribution is 0.261. The first-order valence-corrected chi connectivity index (χ1v) is 9.00. The number of likely N-dealkylation sites (N-methyl/N-ethyl adjacent to an activating group) is 1. The fraction of sp³-hybridized carbons (Fsp3) is 0.381. The molecule has 0 atom stereocenters. The van der Waals surface area contributed by atoms with Gasteiger partial charge < -0.3 is 19.9 Å². The number of hydrogen-bond donors (Lipinski definition) is 1. The van der Waals surface area contributed by atoms with Crippen molar-refractivity contribution < 1.29 is 9.13 Å². The van der Waals surface area contributed by atoms with Crippen molar-refractivity contribution >= 4 is 5.96 Å². The topological polar surface area (TPSA) is 40.1 Å². The molecule has 0 saturated heterocycles. The Morgan fingerprint density at radius 2 is 1.81 bits per heavy atom. The summed E-state index contributed by atoms with van der Waals surface area (Å²) >= 11 is 0. The van der Waals surface area contributed by atoms with E-state index in [1.54, 1.807) is 19.2 Å². The van der Waals surface area contributed by atoms with Gasteiger partial charge in [-0.3, -0.25) is 4.99 Å². The average Bonchev–Trinajstić information content (AvgIpc) is 2.62. The van der Waals surface area contributed by atoms with E-state index in [4.69, 9.17) is 4.74 Å². The van der Waals surface area contributed by atoms with Crippen molar-refractivity contribution in [1.82, 2.24) is 15.1 Å². The van der Waals surface area contributed by atoms with Gasteiger partial charge in [-0.2, -0.15) is 0 Å². The summed E-state index contributed by atoms with van der Waals surface area (Å²) in [5.41, 5.74) is 2.01. The van der Waals surface area contributed by atoms with Crippen molar-refractivity contribution in [2.24, 2.45) is 4.99 Å². The van der Waals surface area contributed by atoms with Crippen molar-refractivity contribution in [2.45, 2.75) is 13.1 Å². The highest BCUT2D eigenvalue weighted by Gasteiger charge is 2.07. The molecule has 0 amide bonds. The molecule has 2 aromatic rings. The molecule has 2 rings (SSSR count). The number of nitrogens with one attached hydrogen (secondary N) is 1. The van der Waals surface area contributed by atoms with Crippen LogP contribution in [0, 0.1) is 5.82 Å². The summed E-state index contributed by atoms with van der Waals surface area (Å²) in [6.07, 6.45) is 0. The van der Waals surface area contributed by atoms with Crippen molar-refractivity contribution in [3.8, 4) is 5.75 Å². The SMILES string of the molecule is CN=C(NCc1cccc(OCCN(C)C)c1)N(C)Cc1cccc(F)c1. The Kier molecular flexibility index (Phi) is 8.07. The van der Waals surface area contributed by atoms with Crippen LogP contribution in [0.15, 0.2) is 53.5 Å². The summed E-state index contributed by atoms with van der Waals surface area (Å²) in [5.74, 6) is 1.38. The number of halogens is 1. The van der Waals surface area contributed by atoms with Crippen LogP contribution in [0.2, 0.25) is 0 Å². The lowest BCUT2D eigenvalue weighted by Crippen LogP contribution is -2.38. The second-order valence-corrected chi connectivity index (χ2v) is 6.69. The summed E-state index contributed by atoms with van der Waals surface area (Å²) in [6.45, 7) is 2.73. The molecule has 0 aromatic heterocycles. The van der Waals surface area contributed by atoms with Crippen LogP contribution in [0.5, 0.6) is 5.75 Å². The number of rotatable bonds is 8. The van der Waals surface area contributed by atoms with Crippen molar-refractivity contribution in [3.05, 3.63) is 65.5 Å². The molecule has 0 saturated carbocycles. The first kappa shape index (κ1) is 20.7. The molecule has 2 aromatic carbocycles. The molecular formula is C21H29FN4O. The third-order valence-corrected chi connectivity index (χ3v) is 4.04. The molecular weight excluding hydrogens is 343 g/mol. The molecule has 146 valence electrons. The van der Waals surface area contributed by atoms with Gasteiger partial charge in [-0.25, -0.2) is 4.39 Å². The maximum atomic E-state index is 13.4. The van der Waals surface area contributed by atoms with Crippen LogP contribution in [0.1, 0.15) is 11.1 Å². The lowest BCUT2D eigenvalue weighted by atomic mass is 10.2. The van der Waals surface area contributed by atoms with E-state index in [9.17, 15) is 4.39 Å². The maximum Gasteiger partial charge on any atom is 0.193 e. The van der Waals surface area contributed by atoms with Gasteiger partial charge in [0.05, 0.1) is 0 Å². The zero-order valence-electron chi connectivity index (χ0n) is 16.6. The summed E-state index contributed by atoms with van der Waals surface area (Å²) in [6, 6.07) is 14.6. The summed E-state index contributed by atoms with van der Waals surface area (Å²) < 4.78 is 19.1. The maximum absolute atomic E-state index is 13.4. The Labute approximate surface area is 161 Å². The molecule has 0 heterocycles. The molecule has 0 aliphatic rings. The van der Waals surface area contributed by atoms with Crippen molar-refractivity contribution in [1.29, 1.82) is 0 Å². The molecule has 0 radical (unpaired) electrons. The molecule has 0 spiro atoms. The predicted octanol–water partition coefficient (Wildman–Crippen LogP) is 2.97. The van der Waals surface area contributed by atoms with Crippen molar-refractivity contribution in [3.63, 3.8) is 0 Å². The molecule has 1 N–H and O–H groups in total. The number of hydrogen-bond acceptors (Lipinski definition) is 3. The number of benzene rings is 2. The third kappa shape index (κ3) is 7.27. The average molecular weight is 372 g/mol. The summed E-state index contributed by atoms with van der Waals surface area (Å²) in [7, 11) is 7.72. The van der Waals surface area contributed by atoms with E-state index < -0.39 is 0 Å². The minimum Gasteiger partial charge on any atom is -0.492 e. The highest BCUT2D eigenvalue weighted by molar-refractivity contribution is 5.79. The van der Waals surface area contributed by atoms with E-state index in [0.29, 0.717) is 19.7 Å². The largest absolute Gasteiger partial charge is 0.492 e. The molecule has 6 heteroatoms. The highest BCUT2D eigenvalue weighted by Crippen LogP contribution is 2.13.